The Bertz CT molecular complexity index is 1350. The molecule has 29 heavy (non-hydrogen) atoms. The van der Waals surface area contributed by atoms with Gasteiger partial charge in [0, 0.05) is 23.5 Å². The Kier molecular flexibility index (Phi) is 4.42. The van der Waals surface area contributed by atoms with Crippen molar-refractivity contribution in [3.63, 3.8) is 0 Å². The number of H-pyrrole nitrogens is 1. The minimum atomic E-state index is -3.36. The first-order valence-corrected chi connectivity index (χ1v) is 10.5. The Morgan fingerprint density at radius 3 is 2.72 bits per heavy atom. The van der Waals surface area contributed by atoms with Gasteiger partial charge in [-0.25, -0.2) is 17.8 Å². The molecule has 0 bridgehead atoms. The molecule has 148 valence electrons. The van der Waals surface area contributed by atoms with Crippen molar-refractivity contribution in [3.8, 4) is 11.3 Å². The number of hydrogen-bond donors (Lipinski definition) is 3. The van der Waals surface area contributed by atoms with E-state index in [2.05, 4.69) is 25.5 Å². The minimum absolute atomic E-state index is 0.160. The number of nitrogens with zero attached hydrogens (tertiary/aromatic N) is 3. The lowest BCUT2D eigenvalue weighted by molar-refractivity contribution is 0.601. The Labute approximate surface area is 165 Å². The van der Waals surface area contributed by atoms with Gasteiger partial charge in [0.25, 0.3) is 0 Å². The van der Waals surface area contributed by atoms with Crippen molar-refractivity contribution in [2.75, 3.05) is 17.3 Å². The SMILES string of the molecule is Cc1ccc(Nc2ncc(-c3[nH]nc4c(F)cccc34)c(N)n2)cc1S(C)(=O)=O. The maximum atomic E-state index is 13.9. The van der Waals surface area contributed by atoms with E-state index in [0.717, 1.165) is 6.26 Å². The maximum Gasteiger partial charge on any atom is 0.229 e. The Hall–Kier alpha value is -3.53. The average Bonchev–Trinajstić information content (AvgIpc) is 3.08. The zero-order valence-corrected chi connectivity index (χ0v) is 16.4. The highest BCUT2D eigenvalue weighted by molar-refractivity contribution is 7.90. The van der Waals surface area contributed by atoms with Gasteiger partial charge in [0.05, 0.1) is 16.2 Å². The first-order valence-electron chi connectivity index (χ1n) is 8.57. The number of aromatic amines is 1. The van der Waals surface area contributed by atoms with Crippen LogP contribution in [0.15, 0.2) is 47.5 Å². The molecule has 0 unspecified atom stereocenters. The van der Waals surface area contributed by atoms with Crippen LogP contribution in [0.5, 0.6) is 0 Å². The normalized spacial score (nSPS) is 11.7. The molecule has 4 aromatic rings. The van der Waals surface area contributed by atoms with Gasteiger partial charge in [0.2, 0.25) is 5.95 Å². The van der Waals surface area contributed by atoms with Crippen LogP contribution in [0.2, 0.25) is 0 Å². The summed E-state index contributed by atoms with van der Waals surface area (Å²) in [4.78, 5) is 8.69. The molecule has 0 amide bonds. The number of nitrogens with two attached hydrogens (primary N) is 1. The van der Waals surface area contributed by atoms with Gasteiger partial charge in [-0.15, -0.1) is 0 Å². The van der Waals surface area contributed by atoms with Gasteiger partial charge in [-0.2, -0.15) is 10.1 Å². The standard InChI is InChI=1S/C19H17FN6O2S/c1-10-6-7-11(8-15(10)29(2,27)28)23-19-22-9-13(18(21)24-19)16-12-4-3-5-14(20)17(12)26-25-16/h3-9H,1-2H3,(H,25,26)(H3,21,22,23,24). The van der Waals surface area contributed by atoms with Crippen LogP contribution in [-0.2, 0) is 9.84 Å². The Morgan fingerprint density at radius 2 is 2.00 bits per heavy atom. The molecule has 8 nitrogen and oxygen atoms in total. The lowest BCUT2D eigenvalue weighted by atomic mass is 10.1. The van der Waals surface area contributed by atoms with Crippen LogP contribution in [0.3, 0.4) is 0 Å². The summed E-state index contributed by atoms with van der Waals surface area (Å²) in [6.07, 6.45) is 2.65. The van der Waals surface area contributed by atoms with E-state index in [1.165, 1.54) is 18.3 Å². The summed E-state index contributed by atoms with van der Waals surface area (Å²) in [6.45, 7) is 1.72. The van der Waals surface area contributed by atoms with E-state index in [4.69, 9.17) is 5.73 Å². The predicted molar refractivity (Wildman–Crippen MR) is 109 cm³/mol. The van der Waals surface area contributed by atoms with Gasteiger partial charge in [0.1, 0.15) is 11.3 Å². The van der Waals surface area contributed by atoms with Gasteiger partial charge >= 0.3 is 0 Å². The molecule has 0 atom stereocenters. The molecule has 10 heteroatoms. The lowest BCUT2D eigenvalue weighted by Gasteiger charge is -2.10. The number of rotatable bonds is 4. The number of para-hydroxylation sites is 1. The van der Waals surface area contributed by atoms with Crippen LogP contribution in [0.1, 0.15) is 5.56 Å². The van der Waals surface area contributed by atoms with E-state index in [1.807, 2.05) is 0 Å². The van der Waals surface area contributed by atoms with E-state index in [1.54, 1.807) is 31.2 Å². The van der Waals surface area contributed by atoms with Crippen LogP contribution in [0.25, 0.3) is 22.2 Å². The topological polar surface area (TPSA) is 127 Å². The first-order chi connectivity index (χ1) is 13.7. The number of aromatic nitrogens is 4. The number of nitrogens with one attached hydrogen (secondary N) is 2. The van der Waals surface area contributed by atoms with Crippen molar-refractivity contribution in [2.24, 2.45) is 0 Å². The summed E-state index contributed by atoms with van der Waals surface area (Å²) >= 11 is 0. The predicted octanol–water partition coefficient (Wildman–Crippen LogP) is 3.20. The van der Waals surface area contributed by atoms with Crippen molar-refractivity contribution in [2.45, 2.75) is 11.8 Å². The van der Waals surface area contributed by atoms with E-state index in [-0.39, 0.29) is 22.2 Å². The molecule has 2 aromatic carbocycles. The van der Waals surface area contributed by atoms with E-state index >= 15 is 0 Å². The largest absolute Gasteiger partial charge is 0.383 e. The molecule has 2 heterocycles. The van der Waals surface area contributed by atoms with Gasteiger partial charge in [-0.05, 0) is 30.7 Å². The van der Waals surface area contributed by atoms with Gasteiger partial charge in [-0.1, -0.05) is 18.2 Å². The summed E-state index contributed by atoms with van der Waals surface area (Å²) in [5.74, 6) is -0.0823. The van der Waals surface area contributed by atoms with Crippen molar-refractivity contribution < 1.29 is 12.8 Å². The van der Waals surface area contributed by atoms with Crippen LogP contribution in [-0.4, -0.2) is 34.8 Å². The molecule has 0 spiro atoms. The number of halogens is 1. The Balaban J connectivity index is 1.69. The smallest absolute Gasteiger partial charge is 0.229 e. The molecule has 0 aliphatic heterocycles. The number of benzene rings is 2. The van der Waals surface area contributed by atoms with Crippen molar-refractivity contribution in [1.82, 2.24) is 20.2 Å². The number of hydrogen-bond acceptors (Lipinski definition) is 7. The second-order valence-corrected chi connectivity index (χ2v) is 8.59. The van der Waals surface area contributed by atoms with Gasteiger partial charge in [0.15, 0.2) is 15.7 Å². The summed E-state index contributed by atoms with van der Waals surface area (Å²) in [5, 5.41) is 10.3. The van der Waals surface area contributed by atoms with Crippen LogP contribution >= 0.6 is 0 Å². The fourth-order valence-electron chi connectivity index (χ4n) is 3.06. The molecule has 2 aromatic heterocycles. The zero-order chi connectivity index (χ0) is 20.8. The molecule has 0 fully saturated rings. The van der Waals surface area contributed by atoms with E-state index < -0.39 is 15.7 Å². The number of nitrogen functional groups attached to an aromatic ring is 1. The zero-order valence-electron chi connectivity index (χ0n) is 15.6. The van der Waals surface area contributed by atoms with Crippen molar-refractivity contribution >= 4 is 38.2 Å². The molecule has 0 aliphatic carbocycles. The number of anilines is 3. The summed E-state index contributed by atoms with van der Waals surface area (Å²) < 4.78 is 37.7. The third-order valence-corrected chi connectivity index (χ3v) is 5.71. The lowest BCUT2D eigenvalue weighted by Crippen LogP contribution is -2.04. The molecule has 0 saturated heterocycles. The molecule has 0 radical (unpaired) electrons. The summed E-state index contributed by atoms with van der Waals surface area (Å²) in [7, 11) is -3.36. The maximum absolute atomic E-state index is 13.9. The highest BCUT2D eigenvalue weighted by atomic mass is 32.2. The average molecular weight is 412 g/mol. The van der Waals surface area contributed by atoms with Crippen LogP contribution < -0.4 is 11.1 Å². The third-order valence-electron chi connectivity index (χ3n) is 4.47. The summed E-state index contributed by atoms with van der Waals surface area (Å²) in [6, 6.07) is 9.57. The highest BCUT2D eigenvalue weighted by Gasteiger charge is 2.16. The number of fused-ring (bicyclic) bond motifs is 1. The third kappa shape index (κ3) is 3.49. The van der Waals surface area contributed by atoms with Crippen molar-refractivity contribution in [3.05, 3.63) is 54.0 Å². The second-order valence-electron chi connectivity index (χ2n) is 6.60. The minimum Gasteiger partial charge on any atom is -0.383 e. The molecular formula is C19H17FN6O2S. The quantitative estimate of drug-likeness (QED) is 0.470. The molecular weight excluding hydrogens is 395 g/mol. The second kappa shape index (κ2) is 6.82. The molecule has 0 aliphatic rings. The first kappa shape index (κ1) is 18.8. The van der Waals surface area contributed by atoms with Crippen LogP contribution in [0, 0.1) is 12.7 Å². The molecule has 0 saturated carbocycles. The summed E-state index contributed by atoms with van der Waals surface area (Å²) in [5.41, 5.74) is 8.44. The number of sulfone groups is 1. The fourth-order valence-corrected chi connectivity index (χ4v) is 4.06. The molecule has 4 N–H and O–H groups in total. The van der Waals surface area contributed by atoms with Gasteiger partial charge < -0.3 is 11.1 Å². The van der Waals surface area contributed by atoms with Crippen LogP contribution in [0.4, 0.5) is 21.8 Å². The van der Waals surface area contributed by atoms with E-state index in [9.17, 15) is 12.8 Å². The van der Waals surface area contributed by atoms with E-state index in [0.29, 0.717) is 27.9 Å². The van der Waals surface area contributed by atoms with Gasteiger partial charge in [-0.3, -0.25) is 5.10 Å². The monoisotopic (exact) mass is 412 g/mol. The Morgan fingerprint density at radius 1 is 1.21 bits per heavy atom. The van der Waals surface area contributed by atoms with Crippen molar-refractivity contribution in [1.29, 1.82) is 0 Å². The molecule has 4 rings (SSSR count). The fraction of sp³-hybridized carbons (Fsp3) is 0.105. The number of aryl methyl sites for hydroxylation is 1. The highest BCUT2D eigenvalue weighted by Crippen LogP contribution is 2.31.